The summed E-state index contributed by atoms with van der Waals surface area (Å²) in [5.41, 5.74) is 1.66. The number of carbonyl (C=O) groups is 1. The van der Waals surface area contributed by atoms with Gasteiger partial charge in [-0.25, -0.2) is 4.98 Å². The summed E-state index contributed by atoms with van der Waals surface area (Å²) in [6.45, 7) is 4.88. The first-order chi connectivity index (χ1) is 7.15. The molecule has 0 aliphatic carbocycles. The van der Waals surface area contributed by atoms with Crippen molar-refractivity contribution in [3.8, 4) is 0 Å². The predicted octanol–water partition coefficient (Wildman–Crippen LogP) is 2.01. The lowest BCUT2D eigenvalue weighted by Crippen LogP contribution is -2.09. The third-order valence-electron chi connectivity index (χ3n) is 2.48. The van der Waals surface area contributed by atoms with Crippen LogP contribution in [-0.4, -0.2) is 20.6 Å². The monoisotopic (exact) mass is 210 g/mol. The molecule has 0 aromatic carbocycles. The Morgan fingerprint density at radius 1 is 1.53 bits per heavy atom. The Balaban J connectivity index is 2.66. The van der Waals surface area contributed by atoms with E-state index in [1.165, 1.54) is 12.8 Å². The summed E-state index contributed by atoms with van der Waals surface area (Å²) < 4.78 is 1.96. The average Bonchev–Trinajstić information content (AvgIpc) is 2.49. The molecule has 1 rings (SSSR count). The number of nitrogens with zero attached hydrogens (tertiary/aromatic N) is 2. The number of hydrogen-bond acceptors (Lipinski definition) is 2. The van der Waals surface area contributed by atoms with E-state index in [1.807, 2.05) is 11.5 Å². The van der Waals surface area contributed by atoms with E-state index in [0.717, 1.165) is 24.4 Å². The van der Waals surface area contributed by atoms with E-state index in [0.29, 0.717) is 0 Å². The lowest BCUT2D eigenvalue weighted by Gasteiger charge is -2.06. The van der Waals surface area contributed by atoms with Crippen molar-refractivity contribution in [2.75, 3.05) is 0 Å². The summed E-state index contributed by atoms with van der Waals surface area (Å²) in [4.78, 5) is 14.8. The van der Waals surface area contributed by atoms with Crippen molar-refractivity contribution in [3.63, 3.8) is 0 Å². The summed E-state index contributed by atoms with van der Waals surface area (Å²) in [6.07, 6.45) is 5.23. The van der Waals surface area contributed by atoms with Crippen molar-refractivity contribution >= 4 is 5.97 Å². The second-order valence-electron chi connectivity index (χ2n) is 3.75. The zero-order valence-electron chi connectivity index (χ0n) is 9.36. The van der Waals surface area contributed by atoms with Crippen molar-refractivity contribution in [1.29, 1.82) is 0 Å². The predicted molar refractivity (Wildman–Crippen MR) is 57.8 cm³/mol. The van der Waals surface area contributed by atoms with E-state index < -0.39 is 5.97 Å². The molecule has 84 valence electrons. The Kier molecular flexibility index (Phi) is 4.34. The molecular formula is C11H18N2O2. The van der Waals surface area contributed by atoms with Gasteiger partial charge in [-0.3, -0.25) is 4.79 Å². The topological polar surface area (TPSA) is 55.1 Å². The first-order valence-corrected chi connectivity index (χ1v) is 5.37. The van der Waals surface area contributed by atoms with Crippen molar-refractivity contribution in [2.45, 2.75) is 46.1 Å². The number of carboxylic acid groups (broad SMARTS) is 1. The largest absolute Gasteiger partial charge is 0.481 e. The van der Waals surface area contributed by atoms with Gasteiger partial charge in [-0.05, 0) is 13.3 Å². The maximum atomic E-state index is 10.7. The number of aromatic nitrogens is 2. The molecule has 0 aliphatic rings. The van der Waals surface area contributed by atoms with Gasteiger partial charge < -0.3 is 9.67 Å². The highest BCUT2D eigenvalue weighted by Crippen LogP contribution is 2.09. The fourth-order valence-corrected chi connectivity index (χ4v) is 1.61. The van der Waals surface area contributed by atoms with Gasteiger partial charge in [-0.1, -0.05) is 19.8 Å². The minimum atomic E-state index is -0.796. The van der Waals surface area contributed by atoms with E-state index in [-0.39, 0.29) is 6.42 Å². The number of carboxylic acids is 1. The summed E-state index contributed by atoms with van der Waals surface area (Å²) in [7, 11) is 0. The molecule has 0 amide bonds. The minimum absolute atomic E-state index is 0.0674. The molecule has 1 aromatic heterocycles. The second kappa shape index (κ2) is 5.53. The summed E-state index contributed by atoms with van der Waals surface area (Å²) >= 11 is 0. The third kappa shape index (κ3) is 3.38. The fraction of sp³-hybridized carbons (Fsp3) is 0.636. The molecule has 0 fully saturated rings. The summed E-state index contributed by atoms with van der Waals surface area (Å²) in [5, 5.41) is 8.76. The van der Waals surface area contributed by atoms with Crippen LogP contribution in [0.1, 0.15) is 37.6 Å². The van der Waals surface area contributed by atoms with Gasteiger partial charge >= 0.3 is 5.97 Å². The zero-order chi connectivity index (χ0) is 11.3. The Labute approximate surface area is 89.9 Å². The quantitative estimate of drug-likeness (QED) is 0.731. The molecule has 0 radical (unpaired) electrons. The Morgan fingerprint density at radius 3 is 2.87 bits per heavy atom. The van der Waals surface area contributed by atoms with Crippen LogP contribution < -0.4 is 0 Å². The van der Waals surface area contributed by atoms with Crippen molar-refractivity contribution in [3.05, 3.63) is 17.7 Å². The van der Waals surface area contributed by atoms with Crippen LogP contribution in [0.2, 0.25) is 0 Å². The normalized spacial score (nSPS) is 10.5. The van der Waals surface area contributed by atoms with Gasteiger partial charge in [0.2, 0.25) is 0 Å². The number of imidazole rings is 1. The lowest BCUT2D eigenvalue weighted by molar-refractivity contribution is -0.136. The first kappa shape index (κ1) is 11.8. The smallest absolute Gasteiger partial charge is 0.309 e. The van der Waals surface area contributed by atoms with Gasteiger partial charge in [0.1, 0.15) is 0 Å². The van der Waals surface area contributed by atoms with Gasteiger partial charge in [0.15, 0.2) is 0 Å². The van der Waals surface area contributed by atoms with E-state index in [4.69, 9.17) is 5.11 Å². The Bertz CT molecular complexity index is 331. The molecule has 1 N–H and O–H groups in total. The molecule has 4 nitrogen and oxygen atoms in total. The third-order valence-corrected chi connectivity index (χ3v) is 2.48. The molecule has 1 aromatic rings. The van der Waals surface area contributed by atoms with Crippen LogP contribution in [0.5, 0.6) is 0 Å². The number of hydrogen-bond donors (Lipinski definition) is 1. The summed E-state index contributed by atoms with van der Waals surface area (Å²) in [6, 6.07) is 0. The highest BCUT2D eigenvalue weighted by atomic mass is 16.4. The maximum Gasteiger partial charge on any atom is 0.309 e. The van der Waals surface area contributed by atoms with Gasteiger partial charge in [0, 0.05) is 6.54 Å². The first-order valence-electron chi connectivity index (χ1n) is 5.37. The van der Waals surface area contributed by atoms with E-state index in [9.17, 15) is 4.79 Å². The maximum absolute atomic E-state index is 10.7. The number of aliphatic carboxylic acids is 1. The molecular weight excluding hydrogens is 192 g/mol. The molecule has 0 bridgehead atoms. The Morgan fingerprint density at radius 2 is 2.27 bits per heavy atom. The highest BCUT2D eigenvalue weighted by molar-refractivity contribution is 5.69. The van der Waals surface area contributed by atoms with Crippen LogP contribution in [-0.2, 0) is 17.8 Å². The molecule has 1 heterocycles. The number of aryl methyl sites for hydroxylation is 2. The van der Waals surface area contributed by atoms with Gasteiger partial charge in [0.05, 0.1) is 24.1 Å². The highest BCUT2D eigenvalue weighted by Gasteiger charge is 2.10. The second-order valence-corrected chi connectivity index (χ2v) is 3.75. The molecule has 0 aliphatic heterocycles. The Hall–Kier alpha value is -1.32. The number of rotatable bonds is 6. The van der Waals surface area contributed by atoms with Crippen molar-refractivity contribution in [2.24, 2.45) is 0 Å². The van der Waals surface area contributed by atoms with Crippen LogP contribution in [0.4, 0.5) is 0 Å². The summed E-state index contributed by atoms with van der Waals surface area (Å²) in [5.74, 6) is -0.796. The van der Waals surface area contributed by atoms with Crippen LogP contribution >= 0.6 is 0 Å². The molecule has 15 heavy (non-hydrogen) atoms. The molecule has 0 unspecified atom stereocenters. The molecule has 0 saturated carbocycles. The standard InChI is InChI=1S/C11H18N2O2/c1-3-4-5-6-13-8-12-9(2)10(13)7-11(14)15/h8H,3-7H2,1-2H3,(H,14,15). The average molecular weight is 210 g/mol. The van der Waals surface area contributed by atoms with Crippen LogP contribution in [0.15, 0.2) is 6.33 Å². The molecule has 0 atom stereocenters. The van der Waals surface area contributed by atoms with Crippen molar-refractivity contribution in [1.82, 2.24) is 9.55 Å². The number of unbranched alkanes of at least 4 members (excludes halogenated alkanes) is 2. The van der Waals surface area contributed by atoms with E-state index >= 15 is 0 Å². The molecule has 0 spiro atoms. The molecule has 0 saturated heterocycles. The van der Waals surface area contributed by atoms with E-state index in [2.05, 4.69) is 11.9 Å². The zero-order valence-corrected chi connectivity index (χ0v) is 9.36. The van der Waals surface area contributed by atoms with Gasteiger partial charge in [-0.15, -0.1) is 0 Å². The van der Waals surface area contributed by atoms with Gasteiger partial charge in [-0.2, -0.15) is 0 Å². The van der Waals surface area contributed by atoms with Gasteiger partial charge in [0.25, 0.3) is 0 Å². The van der Waals surface area contributed by atoms with E-state index in [1.54, 1.807) is 6.33 Å². The van der Waals surface area contributed by atoms with Crippen LogP contribution in [0, 0.1) is 6.92 Å². The van der Waals surface area contributed by atoms with Crippen LogP contribution in [0.3, 0.4) is 0 Å². The lowest BCUT2D eigenvalue weighted by atomic mass is 10.2. The minimum Gasteiger partial charge on any atom is -0.481 e. The fourth-order valence-electron chi connectivity index (χ4n) is 1.61. The molecule has 4 heteroatoms. The van der Waals surface area contributed by atoms with Crippen molar-refractivity contribution < 1.29 is 9.90 Å². The SMILES string of the molecule is CCCCCn1cnc(C)c1CC(=O)O. The van der Waals surface area contributed by atoms with Crippen LogP contribution in [0.25, 0.3) is 0 Å².